The predicted molar refractivity (Wildman–Crippen MR) is 60.9 cm³/mol. The van der Waals surface area contributed by atoms with Gasteiger partial charge in [-0.1, -0.05) is 0 Å². The Bertz CT molecular complexity index is 545. The molecule has 0 fully saturated rings. The van der Waals surface area contributed by atoms with Crippen LogP contribution in [0.5, 0.6) is 0 Å². The number of anilines is 1. The molecule has 0 heterocycles. The van der Waals surface area contributed by atoms with Gasteiger partial charge in [0.2, 0.25) is 0 Å². The molecular weight excluding hydrogens is 290 g/mol. The zero-order chi connectivity index (χ0) is 14.7. The van der Waals surface area contributed by atoms with Crippen LogP contribution in [0.2, 0.25) is 0 Å². The lowest BCUT2D eigenvalue weighted by molar-refractivity contribution is -0.121. The molecule has 1 rings (SSSR count). The molecule has 0 saturated heterocycles. The van der Waals surface area contributed by atoms with Crippen LogP contribution in [-0.2, 0) is 16.8 Å². The van der Waals surface area contributed by atoms with Crippen LogP contribution in [0.25, 0.3) is 0 Å². The number of halogens is 4. The lowest BCUT2D eigenvalue weighted by Gasteiger charge is -2.12. The molecule has 4 N–H and O–H groups in total. The van der Waals surface area contributed by atoms with Gasteiger partial charge >= 0.3 is 6.18 Å². The third-order valence-electron chi connectivity index (χ3n) is 1.98. The smallest absolute Gasteiger partial charge is 0.326 e. The molecule has 0 aliphatic rings. The summed E-state index contributed by atoms with van der Waals surface area (Å²) in [5.41, 5.74) is 5.17. The molecule has 10 heteroatoms. The normalized spacial score (nSPS) is 12.5. The van der Waals surface area contributed by atoms with E-state index in [1.165, 1.54) is 4.72 Å². The van der Waals surface area contributed by atoms with Gasteiger partial charge in [0.25, 0.3) is 10.2 Å². The van der Waals surface area contributed by atoms with E-state index in [0.29, 0.717) is 0 Å². The Kier molecular flexibility index (Phi) is 4.71. The lowest BCUT2D eigenvalue weighted by atomic mass is 10.2. The molecular formula is C9H11F4N3O2S. The highest BCUT2D eigenvalue weighted by molar-refractivity contribution is 7.90. The second-order valence-electron chi connectivity index (χ2n) is 3.55. The Hall–Kier alpha value is -1.39. The molecule has 0 saturated carbocycles. The average Bonchev–Trinajstić information content (AvgIpc) is 2.28. The number of rotatable bonds is 5. The van der Waals surface area contributed by atoms with Crippen molar-refractivity contribution in [1.29, 1.82) is 0 Å². The van der Waals surface area contributed by atoms with Crippen LogP contribution in [0.1, 0.15) is 5.56 Å². The first-order valence-corrected chi connectivity index (χ1v) is 6.44. The van der Waals surface area contributed by atoms with E-state index in [0.717, 1.165) is 18.2 Å². The van der Waals surface area contributed by atoms with E-state index < -0.39 is 28.7 Å². The van der Waals surface area contributed by atoms with Gasteiger partial charge in [0, 0.05) is 12.1 Å². The monoisotopic (exact) mass is 301 g/mol. The summed E-state index contributed by atoms with van der Waals surface area (Å²) >= 11 is 0. The fraction of sp³-hybridized carbons (Fsp3) is 0.333. The third-order valence-corrected chi connectivity index (χ3v) is 3.01. The molecule has 0 radical (unpaired) electrons. The van der Waals surface area contributed by atoms with E-state index >= 15 is 0 Å². The van der Waals surface area contributed by atoms with Crippen molar-refractivity contribution in [2.45, 2.75) is 12.7 Å². The Balaban J connectivity index is 2.78. The standard InChI is InChI=1S/C9H11F4N3O2S/c10-8-2-1-7(3-6(8)4-14)16-19(17,18)15-5-9(11,12)13/h1-3,15-16H,4-5,14H2. The largest absolute Gasteiger partial charge is 0.402 e. The van der Waals surface area contributed by atoms with E-state index in [1.807, 2.05) is 4.72 Å². The van der Waals surface area contributed by atoms with Gasteiger partial charge in [0.1, 0.15) is 12.4 Å². The van der Waals surface area contributed by atoms with Crippen molar-refractivity contribution in [1.82, 2.24) is 4.72 Å². The van der Waals surface area contributed by atoms with Crippen LogP contribution in [-0.4, -0.2) is 21.1 Å². The first-order valence-electron chi connectivity index (χ1n) is 4.95. The molecule has 108 valence electrons. The summed E-state index contributed by atoms with van der Waals surface area (Å²) in [7, 11) is -4.39. The molecule has 0 amide bonds. The van der Waals surface area contributed by atoms with Crippen LogP contribution in [0, 0.1) is 5.82 Å². The van der Waals surface area contributed by atoms with Gasteiger partial charge in [-0.05, 0) is 18.2 Å². The van der Waals surface area contributed by atoms with Gasteiger partial charge in [0.15, 0.2) is 0 Å². The quantitative estimate of drug-likeness (QED) is 0.712. The minimum absolute atomic E-state index is 0.0380. The maximum atomic E-state index is 13.1. The molecule has 1 aromatic rings. The van der Waals surface area contributed by atoms with Crippen LogP contribution < -0.4 is 15.2 Å². The highest BCUT2D eigenvalue weighted by Gasteiger charge is 2.29. The molecule has 0 unspecified atom stereocenters. The maximum absolute atomic E-state index is 13.1. The first-order chi connectivity index (χ1) is 8.63. The van der Waals surface area contributed by atoms with Gasteiger partial charge in [-0.3, -0.25) is 4.72 Å². The number of alkyl halides is 3. The van der Waals surface area contributed by atoms with Gasteiger partial charge < -0.3 is 5.73 Å². The number of hydrogen-bond donors (Lipinski definition) is 3. The molecule has 0 bridgehead atoms. The predicted octanol–water partition coefficient (Wildman–Crippen LogP) is 1.09. The molecule has 0 aromatic heterocycles. The number of nitrogens with two attached hydrogens (primary N) is 1. The van der Waals surface area contributed by atoms with Gasteiger partial charge in [-0.2, -0.15) is 26.3 Å². The van der Waals surface area contributed by atoms with Crippen molar-refractivity contribution in [2.24, 2.45) is 5.73 Å². The van der Waals surface area contributed by atoms with Gasteiger partial charge in [-0.25, -0.2) is 4.39 Å². The molecule has 0 atom stereocenters. The van der Waals surface area contributed by atoms with E-state index in [4.69, 9.17) is 5.73 Å². The summed E-state index contributed by atoms with van der Waals surface area (Å²) in [6.45, 7) is -1.87. The summed E-state index contributed by atoms with van der Waals surface area (Å²) in [6, 6.07) is 3.13. The fourth-order valence-corrected chi connectivity index (χ4v) is 2.03. The van der Waals surface area contributed by atoms with Crippen LogP contribution in [0.15, 0.2) is 18.2 Å². The third kappa shape index (κ3) is 5.41. The summed E-state index contributed by atoms with van der Waals surface area (Å²) in [5.74, 6) is -0.631. The van der Waals surface area contributed by atoms with E-state index in [2.05, 4.69) is 0 Å². The lowest BCUT2D eigenvalue weighted by Crippen LogP contribution is -2.37. The number of hydrogen-bond acceptors (Lipinski definition) is 3. The van der Waals surface area contributed by atoms with Crippen LogP contribution in [0.3, 0.4) is 0 Å². The Labute approximate surface area is 107 Å². The second kappa shape index (κ2) is 5.72. The first kappa shape index (κ1) is 15.7. The SMILES string of the molecule is NCc1cc(NS(=O)(=O)NCC(F)(F)F)ccc1F. The minimum atomic E-state index is -4.67. The molecule has 1 aromatic carbocycles. The molecule has 5 nitrogen and oxygen atoms in total. The topological polar surface area (TPSA) is 84.2 Å². The van der Waals surface area contributed by atoms with Gasteiger partial charge in [-0.15, -0.1) is 0 Å². The van der Waals surface area contributed by atoms with Crippen molar-refractivity contribution < 1.29 is 26.0 Å². The van der Waals surface area contributed by atoms with E-state index in [-0.39, 0.29) is 17.8 Å². The zero-order valence-electron chi connectivity index (χ0n) is 9.46. The van der Waals surface area contributed by atoms with Crippen molar-refractivity contribution in [2.75, 3.05) is 11.3 Å². The average molecular weight is 301 g/mol. The minimum Gasteiger partial charge on any atom is -0.326 e. The van der Waals surface area contributed by atoms with Crippen LogP contribution in [0.4, 0.5) is 23.2 Å². The summed E-state index contributed by atoms with van der Waals surface area (Å²) in [5, 5.41) is 0. The van der Waals surface area contributed by atoms with Crippen molar-refractivity contribution in [3.8, 4) is 0 Å². The molecule has 0 spiro atoms. The summed E-state index contributed by atoms with van der Waals surface area (Å²) < 4.78 is 74.4. The zero-order valence-corrected chi connectivity index (χ0v) is 10.3. The second-order valence-corrected chi connectivity index (χ2v) is 5.05. The Morgan fingerprint density at radius 1 is 1.26 bits per heavy atom. The van der Waals surface area contributed by atoms with Crippen LogP contribution >= 0.6 is 0 Å². The fourth-order valence-electron chi connectivity index (χ4n) is 1.16. The maximum Gasteiger partial charge on any atom is 0.402 e. The number of nitrogens with one attached hydrogen (secondary N) is 2. The van der Waals surface area contributed by atoms with E-state index in [9.17, 15) is 26.0 Å². The Morgan fingerprint density at radius 2 is 1.89 bits per heavy atom. The van der Waals surface area contributed by atoms with Gasteiger partial charge in [0.05, 0.1) is 5.69 Å². The molecule has 0 aliphatic heterocycles. The van der Waals surface area contributed by atoms with Crippen molar-refractivity contribution in [3.05, 3.63) is 29.6 Å². The molecule has 19 heavy (non-hydrogen) atoms. The van der Waals surface area contributed by atoms with Crippen molar-refractivity contribution in [3.63, 3.8) is 0 Å². The Morgan fingerprint density at radius 3 is 2.42 bits per heavy atom. The van der Waals surface area contributed by atoms with E-state index in [1.54, 1.807) is 0 Å². The highest BCUT2D eigenvalue weighted by Crippen LogP contribution is 2.16. The summed E-state index contributed by atoms with van der Waals surface area (Å²) in [6.07, 6.45) is -4.67. The molecule has 0 aliphatic carbocycles. The summed E-state index contributed by atoms with van der Waals surface area (Å²) in [4.78, 5) is 0. The van der Waals surface area contributed by atoms with Crippen molar-refractivity contribution >= 4 is 15.9 Å². The highest BCUT2D eigenvalue weighted by atomic mass is 32.2. The number of benzene rings is 1.